The molecule has 3 aromatic rings. The van der Waals surface area contributed by atoms with E-state index in [2.05, 4.69) is 30.4 Å². The van der Waals surface area contributed by atoms with Gasteiger partial charge in [0.2, 0.25) is 11.8 Å². The molecular formula is C26H26F8N6O3. The normalized spacial score (nSPS) is 19.3. The molecule has 17 heteroatoms. The summed E-state index contributed by atoms with van der Waals surface area (Å²) in [7, 11) is 0. The summed E-state index contributed by atoms with van der Waals surface area (Å²) >= 11 is 0. The van der Waals surface area contributed by atoms with Crippen LogP contribution in [-0.2, 0) is 11.0 Å². The molecule has 2 aliphatic carbocycles. The van der Waals surface area contributed by atoms with Crippen molar-refractivity contribution >= 4 is 17.5 Å². The lowest BCUT2D eigenvalue weighted by molar-refractivity contribution is -0.144. The van der Waals surface area contributed by atoms with Gasteiger partial charge < -0.3 is 15.2 Å². The molecule has 0 aromatic carbocycles. The largest absolute Gasteiger partial charge is 0.437 e. The second-order valence-electron chi connectivity index (χ2n) is 11.0. The van der Waals surface area contributed by atoms with Crippen LogP contribution in [0.1, 0.15) is 90.8 Å². The molecule has 2 atom stereocenters. The molecule has 0 aliphatic heterocycles. The van der Waals surface area contributed by atoms with Gasteiger partial charge in [0.15, 0.2) is 11.3 Å². The Bertz CT molecular complexity index is 1470. The second kappa shape index (κ2) is 11.4. The van der Waals surface area contributed by atoms with Crippen molar-refractivity contribution in [3.05, 3.63) is 47.2 Å². The van der Waals surface area contributed by atoms with E-state index >= 15 is 0 Å². The number of hydrogen-bond donors (Lipinski definition) is 2. The first-order chi connectivity index (χ1) is 20.1. The van der Waals surface area contributed by atoms with E-state index in [0.29, 0.717) is 11.8 Å². The predicted molar refractivity (Wildman–Crippen MR) is 131 cm³/mol. The zero-order valence-corrected chi connectivity index (χ0v) is 22.3. The summed E-state index contributed by atoms with van der Waals surface area (Å²) in [5.74, 6) is -5.50. The van der Waals surface area contributed by atoms with E-state index in [4.69, 9.17) is 0 Å². The van der Waals surface area contributed by atoms with Crippen molar-refractivity contribution in [1.82, 2.24) is 30.4 Å². The van der Waals surface area contributed by atoms with Crippen molar-refractivity contribution in [3.63, 3.8) is 0 Å². The molecular weight excluding hydrogens is 596 g/mol. The molecule has 2 fully saturated rings. The molecule has 43 heavy (non-hydrogen) atoms. The summed E-state index contributed by atoms with van der Waals surface area (Å²) < 4.78 is 111. The maximum atomic E-state index is 13.9. The number of alkyl halides is 8. The number of nitrogens with zero attached hydrogens (tertiary/aromatic N) is 4. The van der Waals surface area contributed by atoms with Crippen molar-refractivity contribution < 1.29 is 49.2 Å². The fourth-order valence-corrected chi connectivity index (χ4v) is 5.28. The molecule has 2 amide bonds. The molecule has 3 heterocycles. The number of nitrogens with one attached hydrogen (secondary N) is 2. The van der Waals surface area contributed by atoms with Gasteiger partial charge in [-0.05, 0) is 49.1 Å². The summed E-state index contributed by atoms with van der Waals surface area (Å²) in [5, 5.41) is 12.3. The summed E-state index contributed by atoms with van der Waals surface area (Å²) in [4.78, 5) is 29.7. The minimum atomic E-state index is -4.98. The fraction of sp³-hybridized carbons (Fsp3) is 0.577. The van der Waals surface area contributed by atoms with E-state index in [9.17, 15) is 44.7 Å². The first-order valence-corrected chi connectivity index (χ1v) is 13.5. The van der Waals surface area contributed by atoms with Crippen molar-refractivity contribution in [1.29, 1.82) is 0 Å². The van der Waals surface area contributed by atoms with Crippen molar-refractivity contribution in [2.75, 3.05) is 0 Å². The van der Waals surface area contributed by atoms with E-state index in [1.807, 2.05) is 0 Å². The van der Waals surface area contributed by atoms with Crippen LogP contribution < -0.4 is 10.6 Å². The first kappa shape index (κ1) is 30.7. The van der Waals surface area contributed by atoms with Crippen LogP contribution in [0.15, 0.2) is 29.2 Å². The number of rotatable bonds is 9. The summed E-state index contributed by atoms with van der Waals surface area (Å²) in [6, 6.07) is -0.144. The topological polar surface area (TPSA) is 114 Å². The third kappa shape index (κ3) is 7.41. The van der Waals surface area contributed by atoms with Crippen LogP contribution in [0.3, 0.4) is 0 Å². The fourth-order valence-electron chi connectivity index (χ4n) is 5.28. The predicted octanol–water partition coefficient (Wildman–Crippen LogP) is 5.94. The number of carbonyl (C=O) groups excluding carboxylic acids is 2. The molecule has 0 radical (unpaired) electrons. The van der Waals surface area contributed by atoms with Crippen LogP contribution in [0.4, 0.5) is 35.1 Å². The Morgan fingerprint density at radius 2 is 1.70 bits per heavy atom. The summed E-state index contributed by atoms with van der Waals surface area (Å²) in [6.45, 7) is 0. The third-order valence-electron chi connectivity index (χ3n) is 7.69. The van der Waals surface area contributed by atoms with Gasteiger partial charge in [0.25, 0.3) is 5.91 Å². The van der Waals surface area contributed by atoms with Gasteiger partial charge in [-0.3, -0.25) is 9.59 Å². The average molecular weight is 623 g/mol. The van der Waals surface area contributed by atoms with Gasteiger partial charge >= 0.3 is 12.4 Å². The maximum absolute atomic E-state index is 13.9. The highest BCUT2D eigenvalue weighted by Gasteiger charge is 2.43. The van der Waals surface area contributed by atoms with E-state index in [1.54, 1.807) is 6.07 Å². The van der Waals surface area contributed by atoms with Gasteiger partial charge in [0.05, 0.1) is 36.6 Å². The van der Waals surface area contributed by atoms with Crippen LogP contribution >= 0.6 is 0 Å². The number of carbonyl (C=O) groups is 2. The Morgan fingerprint density at radius 3 is 2.33 bits per heavy atom. The van der Waals surface area contributed by atoms with Crippen molar-refractivity contribution in [2.45, 2.75) is 81.7 Å². The second-order valence-corrected chi connectivity index (χ2v) is 11.0. The molecule has 5 rings (SSSR count). The smallest absolute Gasteiger partial charge is 0.363 e. The van der Waals surface area contributed by atoms with Gasteiger partial charge in [0.1, 0.15) is 11.8 Å². The molecule has 234 valence electrons. The minimum Gasteiger partial charge on any atom is -0.363 e. The molecule has 2 N–H and O–H groups in total. The van der Waals surface area contributed by atoms with Crippen LogP contribution in [0, 0.1) is 11.8 Å². The van der Waals surface area contributed by atoms with E-state index in [1.165, 1.54) is 16.9 Å². The lowest BCUT2D eigenvalue weighted by Gasteiger charge is -2.33. The van der Waals surface area contributed by atoms with Crippen LogP contribution in [0.2, 0.25) is 0 Å². The minimum absolute atomic E-state index is 0.0177. The zero-order valence-electron chi connectivity index (χ0n) is 22.3. The Hall–Kier alpha value is -3.79. The monoisotopic (exact) mass is 622 g/mol. The number of halogens is 8. The Kier molecular flexibility index (Phi) is 8.11. The number of imidazole rings is 1. The highest BCUT2D eigenvalue weighted by Crippen LogP contribution is 2.43. The van der Waals surface area contributed by atoms with Crippen molar-refractivity contribution in [3.8, 4) is 0 Å². The van der Waals surface area contributed by atoms with Gasteiger partial charge in [-0.1, -0.05) is 5.16 Å². The highest BCUT2D eigenvalue weighted by atomic mass is 19.4. The number of aromatic nitrogens is 4. The van der Waals surface area contributed by atoms with Gasteiger partial charge in [-0.25, -0.2) is 18.3 Å². The lowest BCUT2D eigenvalue weighted by Crippen LogP contribution is -2.37. The van der Waals surface area contributed by atoms with E-state index < -0.39 is 85.0 Å². The zero-order chi connectivity index (χ0) is 31.2. The average Bonchev–Trinajstić information content (AvgIpc) is 3.45. The number of fused-ring (bicyclic) bond motifs is 1. The Labute approximate surface area is 238 Å². The van der Waals surface area contributed by atoms with Crippen molar-refractivity contribution in [2.24, 2.45) is 11.8 Å². The maximum Gasteiger partial charge on any atom is 0.437 e. The van der Waals surface area contributed by atoms with E-state index in [0.717, 1.165) is 12.8 Å². The lowest BCUT2D eigenvalue weighted by atomic mass is 9.81. The molecule has 9 nitrogen and oxygen atoms in total. The number of amides is 2. The van der Waals surface area contributed by atoms with Crippen LogP contribution in [0.25, 0.3) is 5.65 Å². The first-order valence-electron chi connectivity index (χ1n) is 13.5. The number of hydrogen-bond acceptors (Lipinski definition) is 6. The summed E-state index contributed by atoms with van der Waals surface area (Å²) in [5.41, 5.74) is -1.58. The Balaban J connectivity index is 1.41. The highest BCUT2D eigenvalue weighted by molar-refractivity contribution is 5.95. The molecule has 3 aromatic heterocycles. The SMILES string of the molecule is O=C(CCC(F)(F)F)NC(c1cnn2cc([C@@H](NC(=O)c3conc3C(F)(F)F)C3CCC(F)(F)CC3)nc2c1)C1CC1. The van der Waals surface area contributed by atoms with Gasteiger partial charge in [-0.2, -0.15) is 31.4 Å². The van der Waals surface area contributed by atoms with E-state index in [-0.39, 0.29) is 30.1 Å². The molecule has 0 saturated heterocycles. The van der Waals surface area contributed by atoms with Gasteiger partial charge in [0, 0.05) is 19.3 Å². The standard InChI is InChI=1S/C26H26F8N6O3/c27-24(28)6-3-14(4-7-24)21(38-23(42)16-12-43-39-22(16)26(32,33)34)17-11-40-18(36-17)9-15(10-35-40)20(13-1-2-13)37-19(41)5-8-25(29,30)31/h9-14,20-21H,1-8H2,(H,37,41)(H,38,42)/t20?,21-/m0/s1. The molecule has 2 saturated carbocycles. The molecule has 1 unspecified atom stereocenters. The quantitative estimate of drug-likeness (QED) is 0.286. The molecule has 0 spiro atoms. The van der Waals surface area contributed by atoms with Gasteiger partial charge in [-0.15, -0.1) is 0 Å². The van der Waals surface area contributed by atoms with Crippen LogP contribution in [-0.4, -0.2) is 43.7 Å². The molecule has 0 bridgehead atoms. The third-order valence-corrected chi connectivity index (χ3v) is 7.69. The summed E-state index contributed by atoms with van der Waals surface area (Å²) in [6.07, 6.45) is -7.71. The molecule has 2 aliphatic rings. The van der Waals surface area contributed by atoms with Crippen LogP contribution in [0.5, 0.6) is 0 Å². The Morgan fingerprint density at radius 1 is 1.02 bits per heavy atom.